The van der Waals surface area contributed by atoms with Crippen molar-refractivity contribution in [3.05, 3.63) is 69.8 Å². The third-order valence-electron chi connectivity index (χ3n) is 4.67. The number of carbonyl (C=O) groups is 1. The average Bonchev–Trinajstić information content (AvgIpc) is 2.72. The first-order valence-corrected chi connectivity index (χ1v) is 10.2. The van der Waals surface area contributed by atoms with Crippen LogP contribution in [0.25, 0.3) is 0 Å². The van der Waals surface area contributed by atoms with Gasteiger partial charge < -0.3 is 4.90 Å². The van der Waals surface area contributed by atoms with Crippen molar-refractivity contribution in [2.75, 3.05) is 26.2 Å². The van der Waals surface area contributed by atoms with E-state index >= 15 is 0 Å². The highest BCUT2D eigenvalue weighted by atomic mass is 32.2. The molecule has 0 N–H and O–H groups in total. The molecule has 2 aromatic carbocycles. The van der Waals surface area contributed by atoms with Gasteiger partial charge in [0.2, 0.25) is 10.0 Å². The molecule has 8 nitrogen and oxygen atoms in total. The SMILES string of the molecule is O=C(c1ccccc1C(F)(F)F)N1CCN(S(=O)(=O)c2ccc([N+](=O)[O-])cc2)CC1. The summed E-state index contributed by atoms with van der Waals surface area (Å²) in [6, 6.07) is 8.80. The van der Waals surface area contributed by atoms with Gasteiger partial charge in [0.1, 0.15) is 0 Å². The monoisotopic (exact) mass is 443 g/mol. The van der Waals surface area contributed by atoms with Crippen molar-refractivity contribution >= 4 is 21.6 Å². The summed E-state index contributed by atoms with van der Waals surface area (Å²) in [5.41, 5.74) is -1.79. The summed E-state index contributed by atoms with van der Waals surface area (Å²) >= 11 is 0. The van der Waals surface area contributed by atoms with Crippen LogP contribution >= 0.6 is 0 Å². The van der Waals surface area contributed by atoms with Gasteiger partial charge in [-0.1, -0.05) is 12.1 Å². The number of nitro benzene ring substituents is 1. The molecular formula is C18H16F3N3O5S. The van der Waals surface area contributed by atoms with Crippen molar-refractivity contribution in [1.82, 2.24) is 9.21 Å². The van der Waals surface area contributed by atoms with E-state index in [1.54, 1.807) is 0 Å². The summed E-state index contributed by atoms with van der Waals surface area (Å²) in [7, 11) is -3.96. The van der Waals surface area contributed by atoms with Gasteiger partial charge >= 0.3 is 6.18 Å². The van der Waals surface area contributed by atoms with Crippen LogP contribution in [0.5, 0.6) is 0 Å². The van der Waals surface area contributed by atoms with Crippen LogP contribution in [0.4, 0.5) is 18.9 Å². The molecule has 1 aliphatic heterocycles. The van der Waals surface area contributed by atoms with Crippen molar-refractivity contribution in [1.29, 1.82) is 0 Å². The zero-order valence-corrected chi connectivity index (χ0v) is 16.2. The van der Waals surface area contributed by atoms with Crippen molar-refractivity contribution in [3.63, 3.8) is 0 Å². The topological polar surface area (TPSA) is 101 Å². The Kier molecular flexibility index (Phi) is 5.81. The summed E-state index contributed by atoms with van der Waals surface area (Å²) in [4.78, 5) is 23.7. The predicted octanol–water partition coefficient (Wildman–Crippen LogP) is 2.76. The Bertz CT molecular complexity index is 1060. The number of piperazine rings is 1. The van der Waals surface area contributed by atoms with Gasteiger partial charge in [-0.3, -0.25) is 14.9 Å². The molecule has 3 rings (SSSR count). The molecule has 0 spiro atoms. The molecule has 0 bridgehead atoms. The Hall–Kier alpha value is -2.99. The summed E-state index contributed by atoms with van der Waals surface area (Å²) < 4.78 is 66.0. The van der Waals surface area contributed by atoms with E-state index in [0.717, 1.165) is 40.7 Å². The lowest BCUT2D eigenvalue weighted by molar-refractivity contribution is -0.384. The fourth-order valence-corrected chi connectivity index (χ4v) is 4.53. The molecule has 0 saturated carbocycles. The number of amides is 1. The highest BCUT2D eigenvalue weighted by Gasteiger charge is 2.37. The number of non-ortho nitro benzene ring substituents is 1. The van der Waals surface area contributed by atoms with E-state index in [4.69, 9.17) is 0 Å². The lowest BCUT2D eigenvalue weighted by Crippen LogP contribution is -2.50. The van der Waals surface area contributed by atoms with E-state index < -0.39 is 38.2 Å². The fourth-order valence-electron chi connectivity index (χ4n) is 3.11. The maximum atomic E-state index is 13.2. The maximum Gasteiger partial charge on any atom is 0.417 e. The molecule has 0 aromatic heterocycles. The van der Waals surface area contributed by atoms with Gasteiger partial charge in [-0.05, 0) is 24.3 Å². The normalized spacial score (nSPS) is 15.8. The van der Waals surface area contributed by atoms with E-state index in [2.05, 4.69) is 0 Å². The molecule has 1 saturated heterocycles. The Morgan fingerprint density at radius 3 is 2.07 bits per heavy atom. The Morgan fingerprint density at radius 2 is 1.53 bits per heavy atom. The smallest absolute Gasteiger partial charge is 0.336 e. The molecule has 1 amide bonds. The number of hydrogen-bond acceptors (Lipinski definition) is 5. The van der Waals surface area contributed by atoms with Gasteiger partial charge in [0.15, 0.2) is 0 Å². The number of nitro groups is 1. The highest BCUT2D eigenvalue weighted by molar-refractivity contribution is 7.89. The van der Waals surface area contributed by atoms with E-state index in [-0.39, 0.29) is 36.8 Å². The van der Waals surface area contributed by atoms with Crippen molar-refractivity contribution < 1.29 is 31.3 Å². The van der Waals surface area contributed by atoms with E-state index in [9.17, 15) is 36.5 Å². The molecule has 1 aliphatic rings. The zero-order chi connectivity index (χ0) is 22.1. The van der Waals surface area contributed by atoms with Crippen LogP contribution in [0, 0.1) is 10.1 Å². The molecule has 2 aromatic rings. The van der Waals surface area contributed by atoms with Gasteiger partial charge in [-0.2, -0.15) is 17.5 Å². The number of rotatable bonds is 4. The summed E-state index contributed by atoms with van der Waals surface area (Å²) in [6.07, 6.45) is -4.69. The molecule has 12 heteroatoms. The molecule has 160 valence electrons. The van der Waals surface area contributed by atoms with E-state index in [1.807, 2.05) is 0 Å². The standard InChI is InChI=1S/C18H16F3N3O5S/c19-18(20,21)16-4-2-1-3-15(16)17(25)22-9-11-23(12-10-22)30(28,29)14-7-5-13(6-8-14)24(26)27/h1-8H,9-12H2. The molecule has 1 heterocycles. The number of hydrogen-bond donors (Lipinski definition) is 0. The first kappa shape index (κ1) is 21.7. The summed E-state index contributed by atoms with van der Waals surface area (Å²) in [6.45, 7) is -0.396. The first-order chi connectivity index (χ1) is 14.0. The quantitative estimate of drug-likeness (QED) is 0.534. The third-order valence-corrected chi connectivity index (χ3v) is 6.59. The molecule has 1 fully saturated rings. The van der Waals surface area contributed by atoms with Crippen LogP contribution in [0.2, 0.25) is 0 Å². The largest absolute Gasteiger partial charge is 0.417 e. The molecule has 30 heavy (non-hydrogen) atoms. The van der Waals surface area contributed by atoms with Gasteiger partial charge in [0.05, 0.1) is 20.9 Å². The second-order valence-electron chi connectivity index (χ2n) is 6.49. The minimum absolute atomic E-state index is 0.0861. The van der Waals surface area contributed by atoms with Crippen LogP contribution in [0.1, 0.15) is 15.9 Å². The second kappa shape index (κ2) is 8.03. The number of nitrogens with zero attached hydrogens (tertiary/aromatic N) is 3. The Balaban J connectivity index is 1.73. The Morgan fingerprint density at radius 1 is 0.967 bits per heavy atom. The number of carbonyl (C=O) groups excluding carboxylic acids is 1. The fraction of sp³-hybridized carbons (Fsp3) is 0.278. The Labute approximate surface area is 169 Å². The van der Waals surface area contributed by atoms with Crippen LogP contribution in [-0.2, 0) is 16.2 Å². The van der Waals surface area contributed by atoms with Gasteiger partial charge in [-0.25, -0.2) is 8.42 Å². The predicted molar refractivity (Wildman–Crippen MR) is 99.2 cm³/mol. The van der Waals surface area contributed by atoms with Crippen LogP contribution in [0.15, 0.2) is 53.4 Å². The molecule has 0 aliphatic carbocycles. The minimum atomic E-state index is -4.69. The third kappa shape index (κ3) is 4.28. The van der Waals surface area contributed by atoms with Gasteiger partial charge in [-0.15, -0.1) is 0 Å². The van der Waals surface area contributed by atoms with E-state index in [1.165, 1.54) is 17.0 Å². The van der Waals surface area contributed by atoms with Crippen molar-refractivity contribution in [2.24, 2.45) is 0 Å². The minimum Gasteiger partial charge on any atom is -0.336 e. The van der Waals surface area contributed by atoms with Gasteiger partial charge in [0, 0.05) is 38.3 Å². The highest BCUT2D eigenvalue weighted by Crippen LogP contribution is 2.32. The number of sulfonamides is 1. The zero-order valence-electron chi connectivity index (χ0n) is 15.4. The van der Waals surface area contributed by atoms with E-state index in [0.29, 0.717) is 0 Å². The van der Waals surface area contributed by atoms with Gasteiger partial charge in [0.25, 0.3) is 11.6 Å². The first-order valence-electron chi connectivity index (χ1n) is 8.72. The van der Waals surface area contributed by atoms with Crippen molar-refractivity contribution in [3.8, 4) is 0 Å². The molecule has 0 radical (unpaired) electrons. The second-order valence-corrected chi connectivity index (χ2v) is 8.43. The lowest BCUT2D eigenvalue weighted by atomic mass is 10.1. The number of benzene rings is 2. The molecule has 0 atom stereocenters. The average molecular weight is 443 g/mol. The van der Waals surface area contributed by atoms with Crippen LogP contribution in [-0.4, -0.2) is 54.6 Å². The molecule has 0 unspecified atom stereocenters. The van der Waals surface area contributed by atoms with Crippen LogP contribution in [0.3, 0.4) is 0 Å². The lowest BCUT2D eigenvalue weighted by Gasteiger charge is -2.34. The summed E-state index contributed by atoms with van der Waals surface area (Å²) in [5, 5.41) is 10.7. The number of halogens is 3. The van der Waals surface area contributed by atoms with Crippen LogP contribution < -0.4 is 0 Å². The number of alkyl halides is 3. The molecular weight excluding hydrogens is 427 g/mol. The summed E-state index contributed by atoms with van der Waals surface area (Å²) in [5.74, 6) is -0.824. The maximum absolute atomic E-state index is 13.2. The van der Waals surface area contributed by atoms with Crippen molar-refractivity contribution in [2.45, 2.75) is 11.1 Å².